The summed E-state index contributed by atoms with van der Waals surface area (Å²) in [7, 11) is 0. The van der Waals surface area contributed by atoms with Crippen LogP contribution >= 0.6 is 15.9 Å². The second kappa shape index (κ2) is 7.89. The molecule has 0 heterocycles. The SMILES string of the molecule is O=C(C[C@H](c1ccc(Br)cc1)c1cccc2ccccc12)c1ccccc1. The molecule has 0 saturated carbocycles. The van der Waals surface area contributed by atoms with Crippen LogP contribution in [0, 0.1) is 0 Å². The van der Waals surface area contributed by atoms with Gasteiger partial charge in [0.2, 0.25) is 0 Å². The largest absolute Gasteiger partial charge is 0.294 e. The summed E-state index contributed by atoms with van der Waals surface area (Å²) in [6, 6.07) is 32.6. The maximum Gasteiger partial charge on any atom is 0.163 e. The standard InChI is InChI=1S/C25H19BrO/c26-21-15-13-19(14-16-21)24(17-25(27)20-8-2-1-3-9-20)23-12-6-10-18-7-4-5-11-22(18)23/h1-16,24H,17H2/t24-/m1/s1. The maximum atomic E-state index is 13.0. The second-order valence-corrected chi connectivity index (χ2v) is 7.58. The number of fused-ring (bicyclic) bond motifs is 1. The predicted molar refractivity (Wildman–Crippen MR) is 115 cm³/mol. The number of hydrogen-bond donors (Lipinski definition) is 0. The van der Waals surface area contributed by atoms with Crippen LogP contribution in [0.5, 0.6) is 0 Å². The molecule has 0 aliphatic rings. The van der Waals surface area contributed by atoms with E-state index in [0.29, 0.717) is 6.42 Å². The van der Waals surface area contributed by atoms with E-state index in [0.717, 1.165) is 15.6 Å². The highest BCUT2D eigenvalue weighted by Gasteiger charge is 2.21. The summed E-state index contributed by atoms with van der Waals surface area (Å²) in [5, 5.41) is 2.40. The molecule has 4 aromatic carbocycles. The molecule has 4 rings (SSSR count). The molecule has 1 atom stereocenters. The van der Waals surface area contributed by atoms with Crippen LogP contribution in [0.2, 0.25) is 0 Å². The Morgan fingerprint density at radius 3 is 2.19 bits per heavy atom. The average Bonchev–Trinajstić information content (AvgIpc) is 2.73. The van der Waals surface area contributed by atoms with E-state index in [1.165, 1.54) is 16.3 Å². The first kappa shape index (κ1) is 17.7. The van der Waals surface area contributed by atoms with Crippen LogP contribution in [0.15, 0.2) is 102 Å². The van der Waals surface area contributed by atoms with Gasteiger partial charge < -0.3 is 0 Å². The molecule has 0 spiro atoms. The van der Waals surface area contributed by atoms with Crippen molar-refractivity contribution in [2.45, 2.75) is 12.3 Å². The summed E-state index contributed by atoms with van der Waals surface area (Å²) >= 11 is 3.51. The summed E-state index contributed by atoms with van der Waals surface area (Å²) < 4.78 is 1.04. The summed E-state index contributed by atoms with van der Waals surface area (Å²) in [5.41, 5.74) is 3.11. The number of halogens is 1. The first-order chi connectivity index (χ1) is 13.2. The average molecular weight is 415 g/mol. The molecule has 0 N–H and O–H groups in total. The van der Waals surface area contributed by atoms with Gasteiger partial charge in [0.05, 0.1) is 0 Å². The molecule has 0 fully saturated rings. The highest BCUT2D eigenvalue weighted by Crippen LogP contribution is 2.34. The molecular weight excluding hydrogens is 396 g/mol. The number of benzene rings is 4. The van der Waals surface area contributed by atoms with Gasteiger partial charge in [-0.05, 0) is 34.0 Å². The van der Waals surface area contributed by atoms with Crippen molar-refractivity contribution in [3.8, 4) is 0 Å². The van der Waals surface area contributed by atoms with Crippen LogP contribution < -0.4 is 0 Å². The van der Waals surface area contributed by atoms with Crippen LogP contribution in [-0.4, -0.2) is 5.78 Å². The molecule has 132 valence electrons. The van der Waals surface area contributed by atoms with Crippen LogP contribution in [0.4, 0.5) is 0 Å². The van der Waals surface area contributed by atoms with Crippen molar-refractivity contribution in [1.29, 1.82) is 0 Å². The number of ketones is 1. The minimum absolute atomic E-state index is 0.0110. The van der Waals surface area contributed by atoms with Crippen molar-refractivity contribution in [2.24, 2.45) is 0 Å². The van der Waals surface area contributed by atoms with Crippen molar-refractivity contribution in [3.05, 3.63) is 118 Å². The predicted octanol–water partition coefficient (Wildman–Crippen LogP) is 7.01. The van der Waals surface area contributed by atoms with Crippen LogP contribution in [-0.2, 0) is 0 Å². The topological polar surface area (TPSA) is 17.1 Å². The van der Waals surface area contributed by atoms with Gasteiger partial charge in [0.15, 0.2) is 5.78 Å². The summed E-state index contributed by atoms with van der Waals surface area (Å²) in [6.07, 6.45) is 0.444. The van der Waals surface area contributed by atoms with Gasteiger partial charge in [0, 0.05) is 22.4 Å². The third-order valence-electron chi connectivity index (χ3n) is 4.96. The molecule has 0 aliphatic carbocycles. The van der Waals surface area contributed by atoms with Crippen molar-refractivity contribution >= 4 is 32.5 Å². The molecule has 4 aromatic rings. The van der Waals surface area contributed by atoms with E-state index in [-0.39, 0.29) is 11.7 Å². The van der Waals surface area contributed by atoms with E-state index in [2.05, 4.69) is 70.5 Å². The lowest BCUT2D eigenvalue weighted by Crippen LogP contribution is -2.09. The molecule has 0 radical (unpaired) electrons. The molecule has 0 bridgehead atoms. The quantitative estimate of drug-likeness (QED) is 0.321. The molecular formula is C25H19BrO. The molecule has 0 aromatic heterocycles. The zero-order chi connectivity index (χ0) is 18.6. The molecule has 2 heteroatoms. The fraction of sp³-hybridized carbons (Fsp3) is 0.0800. The lowest BCUT2D eigenvalue weighted by Gasteiger charge is -2.20. The lowest BCUT2D eigenvalue weighted by atomic mass is 9.83. The third-order valence-corrected chi connectivity index (χ3v) is 5.49. The minimum atomic E-state index is 0.0110. The zero-order valence-corrected chi connectivity index (χ0v) is 16.4. The smallest absolute Gasteiger partial charge is 0.163 e. The Kier molecular flexibility index (Phi) is 5.17. The van der Waals surface area contributed by atoms with Gasteiger partial charge in [-0.3, -0.25) is 4.79 Å². The monoisotopic (exact) mass is 414 g/mol. The first-order valence-electron chi connectivity index (χ1n) is 9.04. The van der Waals surface area contributed by atoms with E-state index < -0.39 is 0 Å². The van der Waals surface area contributed by atoms with E-state index >= 15 is 0 Å². The van der Waals surface area contributed by atoms with Crippen LogP contribution in [0.3, 0.4) is 0 Å². The van der Waals surface area contributed by atoms with Gasteiger partial charge in [-0.15, -0.1) is 0 Å². The molecule has 0 aliphatic heterocycles. The third kappa shape index (κ3) is 3.86. The van der Waals surface area contributed by atoms with E-state index in [1.807, 2.05) is 42.5 Å². The molecule has 0 saturated heterocycles. The lowest BCUT2D eigenvalue weighted by molar-refractivity contribution is 0.0978. The van der Waals surface area contributed by atoms with E-state index in [1.54, 1.807) is 0 Å². The first-order valence-corrected chi connectivity index (χ1v) is 9.83. The Hall–Kier alpha value is -2.71. The normalized spacial score (nSPS) is 12.0. The van der Waals surface area contributed by atoms with Gasteiger partial charge in [-0.1, -0.05) is 101 Å². The molecule has 0 unspecified atom stereocenters. The van der Waals surface area contributed by atoms with Crippen molar-refractivity contribution in [1.82, 2.24) is 0 Å². The fourth-order valence-electron chi connectivity index (χ4n) is 3.58. The Balaban J connectivity index is 1.80. The number of hydrogen-bond acceptors (Lipinski definition) is 1. The Labute approximate surface area is 167 Å². The fourth-order valence-corrected chi connectivity index (χ4v) is 3.85. The highest BCUT2D eigenvalue weighted by atomic mass is 79.9. The Bertz CT molecular complexity index is 1060. The minimum Gasteiger partial charge on any atom is -0.294 e. The second-order valence-electron chi connectivity index (χ2n) is 6.67. The van der Waals surface area contributed by atoms with Gasteiger partial charge in [0.1, 0.15) is 0 Å². The van der Waals surface area contributed by atoms with Crippen molar-refractivity contribution in [3.63, 3.8) is 0 Å². The molecule has 27 heavy (non-hydrogen) atoms. The Morgan fingerprint density at radius 1 is 0.741 bits per heavy atom. The van der Waals surface area contributed by atoms with Gasteiger partial charge in [0.25, 0.3) is 0 Å². The van der Waals surface area contributed by atoms with Crippen molar-refractivity contribution in [2.75, 3.05) is 0 Å². The molecule has 0 amide bonds. The van der Waals surface area contributed by atoms with Gasteiger partial charge in [-0.2, -0.15) is 0 Å². The molecule has 1 nitrogen and oxygen atoms in total. The Morgan fingerprint density at radius 2 is 1.41 bits per heavy atom. The zero-order valence-electron chi connectivity index (χ0n) is 14.8. The van der Waals surface area contributed by atoms with E-state index in [4.69, 9.17) is 0 Å². The number of Topliss-reactive ketones (excluding diaryl/α,β-unsaturated/α-hetero) is 1. The highest BCUT2D eigenvalue weighted by molar-refractivity contribution is 9.10. The summed E-state index contributed by atoms with van der Waals surface area (Å²) in [6.45, 7) is 0. The van der Waals surface area contributed by atoms with Crippen LogP contribution in [0.25, 0.3) is 10.8 Å². The van der Waals surface area contributed by atoms with Crippen LogP contribution in [0.1, 0.15) is 33.8 Å². The van der Waals surface area contributed by atoms with E-state index in [9.17, 15) is 4.79 Å². The number of rotatable bonds is 5. The summed E-state index contributed by atoms with van der Waals surface area (Å²) in [4.78, 5) is 13.0. The number of carbonyl (C=O) groups is 1. The van der Waals surface area contributed by atoms with Gasteiger partial charge >= 0.3 is 0 Å². The van der Waals surface area contributed by atoms with Gasteiger partial charge in [-0.25, -0.2) is 0 Å². The van der Waals surface area contributed by atoms with Crippen molar-refractivity contribution < 1.29 is 4.79 Å². The summed E-state index contributed by atoms with van der Waals surface area (Å²) in [5.74, 6) is 0.174. The maximum absolute atomic E-state index is 13.0. The number of carbonyl (C=O) groups excluding carboxylic acids is 1.